The third kappa shape index (κ3) is 3.68. The molecule has 92 valence electrons. The Kier molecular flexibility index (Phi) is 3.64. The Morgan fingerprint density at radius 1 is 1.35 bits per heavy atom. The van der Waals surface area contributed by atoms with Crippen LogP contribution in [0.1, 0.15) is 20.8 Å². The minimum atomic E-state index is -0.0662. The van der Waals surface area contributed by atoms with Gasteiger partial charge in [-0.15, -0.1) is 11.3 Å². The molecular formula is C13H18N2OS. The van der Waals surface area contributed by atoms with Crippen LogP contribution in [0.15, 0.2) is 23.7 Å². The average Bonchev–Trinajstić information content (AvgIpc) is 2.70. The summed E-state index contributed by atoms with van der Waals surface area (Å²) < 4.78 is 6.87. The Balaban J connectivity index is 1.86. The SMILES string of the molecule is CC(C)(C)OCCNc1ccc2ncsc2c1. The van der Waals surface area contributed by atoms with E-state index in [2.05, 4.69) is 43.2 Å². The number of anilines is 1. The molecule has 0 amide bonds. The molecule has 17 heavy (non-hydrogen) atoms. The van der Waals surface area contributed by atoms with E-state index in [9.17, 15) is 0 Å². The van der Waals surface area contributed by atoms with Crippen LogP contribution in [-0.4, -0.2) is 23.7 Å². The van der Waals surface area contributed by atoms with Gasteiger partial charge in [0.15, 0.2) is 0 Å². The number of fused-ring (bicyclic) bond motifs is 1. The standard InChI is InChI=1S/C13H18N2OS/c1-13(2,3)16-7-6-14-10-4-5-11-12(8-10)17-9-15-11/h4-5,8-9,14H,6-7H2,1-3H3. The summed E-state index contributed by atoms with van der Waals surface area (Å²) in [6, 6.07) is 6.22. The predicted molar refractivity (Wildman–Crippen MR) is 73.8 cm³/mol. The van der Waals surface area contributed by atoms with E-state index in [-0.39, 0.29) is 5.60 Å². The lowest BCUT2D eigenvalue weighted by Gasteiger charge is -2.19. The van der Waals surface area contributed by atoms with Gasteiger partial charge in [-0.1, -0.05) is 0 Å². The highest BCUT2D eigenvalue weighted by Gasteiger charge is 2.08. The molecule has 0 unspecified atom stereocenters. The molecule has 2 aromatic rings. The van der Waals surface area contributed by atoms with Gasteiger partial charge in [0.2, 0.25) is 0 Å². The maximum absolute atomic E-state index is 5.65. The highest BCUT2D eigenvalue weighted by atomic mass is 32.1. The maximum Gasteiger partial charge on any atom is 0.0813 e. The highest BCUT2D eigenvalue weighted by molar-refractivity contribution is 7.16. The molecule has 0 fully saturated rings. The highest BCUT2D eigenvalue weighted by Crippen LogP contribution is 2.21. The summed E-state index contributed by atoms with van der Waals surface area (Å²) >= 11 is 1.66. The topological polar surface area (TPSA) is 34.1 Å². The van der Waals surface area contributed by atoms with Crippen molar-refractivity contribution in [3.05, 3.63) is 23.7 Å². The van der Waals surface area contributed by atoms with Crippen molar-refractivity contribution in [3.8, 4) is 0 Å². The first-order valence-corrected chi connectivity index (χ1v) is 6.64. The average molecular weight is 250 g/mol. The van der Waals surface area contributed by atoms with Gasteiger partial charge in [0.25, 0.3) is 0 Å². The summed E-state index contributed by atoms with van der Waals surface area (Å²) in [4.78, 5) is 4.25. The number of thiazole rings is 1. The van der Waals surface area contributed by atoms with Gasteiger partial charge in [0.1, 0.15) is 0 Å². The number of rotatable bonds is 4. The molecule has 1 heterocycles. The summed E-state index contributed by atoms with van der Waals surface area (Å²) in [5.74, 6) is 0. The van der Waals surface area contributed by atoms with Crippen molar-refractivity contribution in [1.29, 1.82) is 0 Å². The van der Waals surface area contributed by atoms with E-state index in [1.54, 1.807) is 11.3 Å². The molecule has 2 rings (SSSR count). The first-order valence-electron chi connectivity index (χ1n) is 5.76. The Morgan fingerprint density at radius 2 is 2.18 bits per heavy atom. The van der Waals surface area contributed by atoms with E-state index >= 15 is 0 Å². The molecule has 1 aromatic carbocycles. The molecule has 0 saturated carbocycles. The van der Waals surface area contributed by atoms with Crippen molar-refractivity contribution in [3.63, 3.8) is 0 Å². The number of ether oxygens (including phenoxy) is 1. The Bertz CT molecular complexity index is 487. The lowest BCUT2D eigenvalue weighted by molar-refractivity contribution is 0.00333. The molecule has 0 aliphatic rings. The van der Waals surface area contributed by atoms with Gasteiger partial charge >= 0.3 is 0 Å². The Morgan fingerprint density at radius 3 is 2.94 bits per heavy atom. The van der Waals surface area contributed by atoms with Crippen LogP contribution in [0.25, 0.3) is 10.2 Å². The summed E-state index contributed by atoms with van der Waals surface area (Å²) in [7, 11) is 0. The number of nitrogens with one attached hydrogen (secondary N) is 1. The van der Waals surface area contributed by atoms with E-state index in [0.29, 0.717) is 6.61 Å². The second-order valence-corrected chi connectivity index (χ2v) is 5.81. The maximum atomic E-state index is 5.65. The van der Waals surface area contributed by atoms with Crippen LogP contribution in [0.5, 0.6) is 0 Å². The zero-order valence-electron chi connectivity index (χ0n) is 10.5. The molecule has 0 atom stereocenters. The van der Waals surface area contributed by atoms with Gasteiger partial charge in [0, 0.05) is 12.2 Å². The third-order valence-corrected chi connectivity index (χ3v) is 3.09. The van der Waals surface area contributed by atoms with Crippen LogP contribution < -0.4 is 5.32 Å². The molecule has 0 bridgehead atoms. The lowest BCUT2D eigenvalue weighted by atomic mass is 10.2. The van der Waals surface area contributed by atoms with Gasteiger partial charge in [-0.2, -0.15) is 0 Å². The summed E-state index contributed by atoms with van der Waals surface area (Å²) in [6.07, 6.45) is 0. The third-order valence-electron chi connectivity index (χ3n) is 2.30. The number of hydrogen-bond acceptors (Lipinski definition) is 4. The van der Waals surface area contributed by atoms with Crippen LogP contribution >= 0.6 is 11.3 Å². The van der Waals surface area contributed by atoms with Crippen LogP contribution in [-0.2, 0) is 4.74 Å². The molecule has 1 aromatic heterocycles. The van der Waals surface area contributed by atoms with Crippen molar-refractivity contribution in [2.75, 3.05) is 18.5 Å². The second kappa shape index (κ2) is 5.02. The van der Waals surface area contributed by atoms with Gasteiger partial charge in [-0.3, -0.25) is 0 Å². The number of hydrogen-bond donors (Lipinski definition) is 1. The molecule has 0 spiro atoms. The fourth-order valence-corrected chi connectivity index (χ4v) is 2.23. The first-order chi connectivity index (χ1) is 8.04. The van der Waals surface area contributed by atoms with Crippen LogP contribution in [0.2, 0.25) is 0 Å². The number of benzene rings is 1. The smallest absolute Gasteiger partial charge is 0.0813 e. The van der Waals surface area contributed by atoms with Gasteiger partial charge in [-0.05, 0) is 39.0 Å². The molecule has 4 heteroatoms. The minimum Gasteiger partial charge on any atom is -0.383 e. The van der Waals surface area contributed by atoms with Crippen molar-refractivity contribution in [1.82, 2.24) is 4.98 Å². The summed E-state index contributed by atoms with van der Waals surface area (Å²) in [6.45, 7) is 7.73. The lowest BCUT2D eigenvalue weighted by Crippen LogP contribution is -2.23. The monoisotopic (exact) mass is 250 g/mol. The van der Waals surface area contributed by atoms with Crippen molar-refractivity contribution in [2.24, 2.45) is 0 Å². The van der Waals surface area contributed by atoms with E-state index in [1.807, 2.05) is 11.6 Å². The molecule has 0 aliphatic carbocycles. The molecular weight excluding hydrogens is 232 g/mol. The zero-order chi connectivity index (χ0) is 12.3. The van der Waals surface area contributed by atoms with Crippen molar-refractivity contribution in [2.45, 2.75) is 26.4 Å². The van der Waals surface area contributed by atoms with E-state index in [0.717, 1.165) is 17.7 Å². The van der Waals surface area contributed by atoms with E-state index in [1.165, 1.54) is 4.70 Å². The fourth-order valence-electron chi connectivity index (χ4n) is 1.52. The van der Waals surface area contributed by atoms with Gasteiger partial charge < -0.3 is 10.1 Å². The Labute approximate surface area is 106 Å². The fraction of sp³-hybridized carbons (Fsp3) is 0.462. The largest absolute Gasteiger partial charge is 0.383 e. The summed E-state index contributed by atoms with van der Waals surface area (Å²) in [5.41, 5.74) is 3.99. The van der Waals surface area contributed by atoms with E-state index in [4.69, 9.17) is 4.74 Å². The number of nitrogens with zero attached hydrogens (tertiary/aromatic N) is 1. The predicted octanol–water partition coefficient (Wildman–Crippen LogP) is 3.52. The summed E-state index contributed by atoms with van der Waals surface area (Å²) in [5, 5.41) is 3.35. The molecule has 0 radical (unpaired) electrons. The van der Waals surface area contributed by atoms with Gasteiger partial charge in [0.05, 0.1) is 27.9 Å². The van der Waals surface area contributed by atoms with Crippen LogP contribution in [0.3, 0.4) is 0 Å². The first kappa shape index (κ1) is 12.3. The molecule has 1 N–H and O–H groups in total. The molecule has 0 aliphatic heterocycles. The van der Waals surface area contributed by atoms with Crippen LogP contribution in [0, 0.1) is 0 Å². The van der Waals surface area contributed by atoms with Crippen molar-refractivity contribution >= 4 is 27.2 Å². The molecule has 0 saturated heterocycles. The number of aromatic nitrogens is 1. The quantitative estimate of drug-likeness (QED) is 0.843. The van der Waals surface area contributed by atoms with Gasteiger partial charge in [-0.25, -0.2) is 4.98 Å². The van der Waals surface area contributed by atoms with Crippen LogP contribution in [0.4, 0.5) is 5.69 Å². The Hall–Kier alpha value is -1.13. The van der Waals surface area contributed by atoms with E-state index < -0.39 is 0 Å². The van der Waals surface area contributed by atoms with Crippen molar-refractivity contribution < 1.29 is 4.74 Å². The second-order valence-electron chi connectivity index (χ2n) is 4.92. The normalized spacial score (nSPS) is 11.9. The molecule has 3 nitrogen and oxygen atoms in total. The zero-order valence-corrected chi connectivity index (χ0v) is 11.3. The minimum absolute atomic E-state index is 0.0662.